The van der Waals surface area contributed by atoms with E-state index in [2.05, 4.69) is 34.7 Å². The van der Waals surface area contributed by atoms with E-state index >= 15 is 0 Å². The van der Waals surface area contributed by atoms with Crippen LogP contribution in [0.4, 0.5) is 0 Å². The van der Waals surface area contributed by atoms with Crippen molar-refractivity contribution in [2.45, 2.75) is 63.5 Å². The number of carbonyl (C=O) groups excluding carboxylic acids is 1. The number of amides is 1. The second-order valence-electron chi connectivity index (χ2n) is 6.75. The van der Waals surface area contributed by atoms with Crippen LogP contribution in [0.15, 0.2) is 11.4 Å². The molecule has 4 nitrogen and oxygen atoms in total. The van der Waals surface area contributed by atoms with Crippen LogP contribution >= 0.6 is 11.3 Å². The van der Waals surface area contributed by atoms with Gasteiger partial charge >= 0.3 is 0 Å². The van der Waals surface area contributed by atoms with Crippen molar-refractivity contribution in [2.75, 3.05) is 13.1 Å². The molecule has 1 aromatic rings. The Kier molecular flexibility index (Phi) is 5.03. The molecule has 2 heterocycles. The lowest BCUT2D eigenvalue weighted by Crippen LogP contribution is -2.52. The second-order valence-corrected chi connectivity index (χ2v) is 7.75. The van der Waals surface area contributed by atoms with E-state index in [0.29, 0.717) is 12.6 Å². The van der Waals surface area contributed by atoms with Crippen molar-refractivity contribution >= 4 is 17.2 Å². The van der Waals surface area contributed by atoms with E-state index in [9.17, 15) is 10.1 Å². The average Bonchev–Trinajstić information content (AvgIpc) is 3.04. The maximum absolute atomic E-state index is 12.6. The first kappa shape index (κ1) is 16.5. The summed E-state index contributed by atoms with van der Waals surface area (Å²) in [5, 5.41) is 14.7. The molecule has 0 unspecified atom stereocenters. The lowest BCUT2D eigenvalue weighted by Gasteiger charge is -2.36. The van der Waals surface area contributed by atoms with Gasteiger partial charge in [0.25, 0.3) is 0 Å². The molecule has 0 saturated heterocycles. The average molecular weight is 331 g/mol. The molecule has 1 aliphatic heterocycles. The van der Waals surface area contributed by atoms with Crippen LogP contribution in [0.3, 0.4) is 0 Å². The minimum absolute atomic E-state index is 0.00517. The number of nitriles is 1. The number of nitrogens with one attached hydrogen (secondary N) is 1. The predicted molar refractivity (Wildman–Crippen MR) is 92.2 cm³/mol. The molecule has 1 aromatic heterocycles. The number of carbonyl (C=O) groups is 1. The molecule has 124 valence electrons. The van der Waals surface area contributed by atoms with Crippen molar-refractivity contribution < 1.29 is 4.79 Å². The number of nitrogens with zero attached hydrogens (tertiary/aromatic N) is 2. The zero-order chi connectivity index (χ0) is 16.3. The van der Waals surface area contributed by atoms with Gasteiger partial charge in [-0.15, -0.1) is 11.3 Å². The molecule has 1 amide bonds. The summed E-state index contributed by atoms with van der Waals surface area (Å²) >= 11 is 1.83. The first-order chi connectivity index (χ1) is 11.2. The topological polar surface area (TPSA) is 56.1 Å². The quantitative estimate of drug-likeness (QED) is 0.920. The normalized spacial score (nSPS) is 23.7. The van der Waals surface area contributed by atoms with E-state index < -0.39 is 5.54 Å². The van der Waals surface area contributed by atoms with Crippen LogP contribution in [-0.2, 0) is 11.2 Å². The summed E-state index contributed by atoms with van der Waals surface area (Å²) in [6.07, 6.45) is 6.87. The van der Waals surface area contributed by atoms with Gasteiger partial charge < -0.3 is 5.32 Å². The van der Waals surface area contributed by atoms with E-state index in [-0.39, 0.29) is 5.91 Å². The molecule has 0 bridgehead atoms. The minimum atomic E-state index is -0.625. The summed E-state index contributed by atoms with van der Waals surface area (Å²) in [6.45, 7) is 3.51. The van der Waals surface area contributed by atoms with Crippen LogP contribution in [0.1, 0.15) is 61.9 Å². The smallest absolute Gasteiger partial charge is 0.235 e. The van der Waals surface area contributed by atoms with Crippen LogP contribution in [0.25, 0.3) is 0 Å². The van der Waals surface area contributed by atoms with E-state index in [1.54, 1.807) is 0 Å². The SMILES string of the molecule is CC[C@H]1c2ccsc2CCN1CC(=O)NC1(C#N)CCCCC1. The number of fused-ring (bicyclic) bond motifs is 1. The molecule has 1 aliphatic carbocycles. The number of hydrogen-bond donors (Lipinski definition) is 1. The van der Waals surface area contributed by atoms with Crippen molar-refractivity contribution in [2.24, 2.45) is 0 Å². The molecular weight excluding hydrogens is 306 g/mol. The molecule has 5 heteroatoms. The van der Waals surface area contributed by atoms with Crippen LogP contribution in [0, 0.1) is 11.3 Å². The van der Waals surface area contributed by atoms with Gasteiger partial charge in [0.1, 0.15) is 5.54 Å². The van der Waals surface area contributed by atoms with Gasteiger partial charge in [0.05, 0.1) is 12.6 Å². The van der Waals surface area contributed by atoms with Gasteiger partial charge in [-0.05, 0) is 42.7 Å². The van der Waals surface area contributed by atoms with Crippen molar-refractivity contribution in [3.63, 3.8) is 0 Å². The largest absolute Gasteiger partial charge is 0.337 e. The molecule has 0 radical (unpaired) electrons. The molecule has 1 fully saturated rings. The zero-order valence-corrected chi connectivity index (χ0v) is 14.6. The molecule has 0 aromatic carbocycles. The zero-order valence-electron chi connectivity index (χ0n) is 13.8. The standard InChI is InChI=1S/C18H25N3OS/c1-2-15-14-7-11-23-16(14)6-10-21(15)12-17(22)20-18(13-19)8-4-3-5-9-18/h7,11,15H,2-6,8-10,12H2,1H3,(H,20,22)/t15-/m0/s1. The molecule has 1 saturated carbocycles. The highest BCUT2D eigenvalue weighted by Crippen LogP contribution is 2.35. The van der Waals surface area contributed by atoms with E-state index in [1.807, 2.05) is 11.3 Å². The summed E-state index contributed by atoms with van der Waals surface area (Å²) in [7, 11) is 0. The number of thiophene rings is 1. The van der Waals surface area contributed by atoms with Crippen molar-refractivity contribution in [1.82, 2.24) is 10.2 Å². The van der Waals surface area contributed by atoms with Gasteiger partial charge in [0.2, 0.25) is 5.91 Å². The van der Waals surface area contributed by atoms with Crippen LogP contribution < -0.4 is 5.32 Å². The Morgan fingerprint density at radius 3 is 2.96 bits per heavy atom. The first-order valence-electron chi connectivity index (χ1n) is 8.70. The van der Waals surface area contributed by atoms with Gasteiger partial charge in [-0.1, -0.05) is 26.2 Å². The minimum Gasteiger partial charge on any atom is -0.337 e. The fourth-order valence-corrected chi connectivity index (χ4v) is 4.95. The summed E-state index contributed by atoms with van der Waals surface area (Å²) in [5.41, 5.74) is 0.768. The van der Waals surface area contributed by atoms with Crippen molar-refractivity contribution in [3.05, 3.63) is 21.9 Å². The van der Waals surface area contributed by atoms with Crippen molar-refractivity contribution in [1.29, 1.82) is 5.26 Å². The molecule has 1 atom stereocenters. The Morgan fingerprint density at radius 1 is 1.48 bits per heavy atom. The molecule has 1 N–H and O–H groups in total. The molecule has 0 spiro atoms. The first-order valence-corrected chi connectivity index (χ1v) is 9.58. The van der Waals surface area contributed by atoms with E-state index in [0.717, 1.165) is 45.1 Å². The Labute approximate surface area is 142 Å². The summed E-state index contributed by atoms with van der Waals surface area (Å²) in [6, 6.07) is 4.91. The van der Waals surface area contributed by atoms with Crippen LogP contribution in [-0.4, -0.2) is 29.4 Å². The third-order valence-corrected chi connectivity index (χ3v) is 6.24. The summed E-state index contributed by atoms with van der Waals surface area (Å²) in [4.78, 5) is 16.3. The van der Waals surface area contributed by atoms with E-state index in [1.165, 1.54) is 16.9 Å². The fraction of sp³-hybridized carbons (Fsp3) is 0.667. The maximum Gasteiger partial charge on any atom is 0.235 e. The van der Waals surface area contributed by atoms with Crippen LogP contribution in [0.2, 0.25) is 0 Å². The Morgan fingerprint density at radius 2 is 2.26 bits per heavy atom. The van der Waals surface area contributed by atoms with Crippen molar-refractivity contribution in [3.8, 4) is 6.07 Å². The summed E-state index contributed by atoms with van der Waals surface area (Å²) < 4.78 is 0. The Balaban J connectivity index is 1.65. The monoisotopic (exact) mass is 331 g/mol. The Bertz CT molecular complexity index is 598. The highest BCUT2D eigenvalue weighted by Gasteiger charge is 2.35. The molecule has 3 rings (SSSR count). The predicted octanol–water partition coefficient (Wildman–Crippen LogP) is 3.40. The molecular formula is C18H25N3OS. The third kappa shape index (κ3) is 3.44. The second kappa shape index (κ2) is 7.02. The Hall–Kier alpha value is -1.38. The molecule has 2 aliphatic rings. The maximum atomic E-state index is 12.6. The fourth-order valence-electron chi connectivity index (χ4n) is 4.03. The number of rotatable bonds is 4. The number of hydrogen-bond acceptors (Lipinski definition) is 4. The highest BCUT2D eigenvalue weighted by atomic mass is 32.1. The lowest BCUT2D eigenvalue weighted by atomic mass is 9.83. The summed E-state index contributed by atoms with van der Waals surface area (Å²) in [5.74, 6) is 0.00517. The van der Waals surface area contributed by atoms with Crippen LogP contribution in [0.5, 0.6) is 0 Å². The van der Waals surface area contributed by atoms with Gasteiger partial charge in [-0.25, -0.2) is 0 Å². The lowest BCUT2D eigenvalue weighted by molar-refractivity contribution is -0.124. The van der Waals surface area contributed by atoms with Gasteiger partial charge in [-0.3, -0.25) is 9.69 Å². The molecule has 23 heavy (non-hydrogen) atoms. The third-order valence-electron chi connectivity index (χ3n) is 5.24. The van der Waals surface area contributed by atoms with Gasteiger partial charge in [0.15, 0.2) is 0 Å². The van der Waals surface area contributed by atoms with Gasteiger partial charge in [0, 0.05) is 17.5 Å². The van der Waals surface area contributed by atoms with Gasteiger partial charge in [-0.2, -0.15) is 5.26 Å². The van der Waals surface area contributed by atoms with E-state index in [4.69, 9.17) is 0 Å². The highest BCUT2D eigenvalue weighted by molar-refractivity contribution is 7.10.